The van der Waals surface area contributed by atoms with E-state index in [1.165, 1.54) is 5.06 Å². The van der Waals surface area contributed by atoms with Gasteiger partial charge < -0.3 is 24.9 Å². The van der Waals surface area contributed by atoms with Crippen LogP contribution in [0.2, 0.25) is 0 Å². The molecular weight excluding hydrogens is 330 g/mol. The molecule has 24 heavy (non-hydrogen) atoms. The van der Waals surface area contributed by atoms with Crippen molar-refractivity contribution in [3.8, 4) is 11.5 Å². The summed E-state index contributed by atoms with van der Waals surface area (Å²) in [6, 6.07) is 5.46. The van der Waals surface area contributed by atoms with Crippen molar-refractivity contribution in [1.82, 2.24) is 10.4 Å². The standard InChI is InChI=1S/C16H23N3O4S/c1-5-9-17-15(20)23-19(16(2,3)4)14(24)18-11-7-6-8-12-13(11)22-10-21-12/h6-8H,5,9-10H2,1-4H3,(H,17,20)(H,18,24). The maximum atomic E-state index is 11.9. The van der Waals surface area contributed by atoms with Crippen LogP contribution in [0.1, 0.15) is 34.1 Å². The smallest absolute Gasteiger partial charge is 0.431 e. The zero-order valence-electron chi connectivity index (χ0n) is 14.3. The molecule has 132 valence electrons. The number of carbonyl (C=O) groups is 1. The van der Waals surface area contributed by atoms with Gasteiger partial charge in [-0.15, -0.1) is 0 Å². The maximum Gasteiger partial charge on any atom is 0.431 e. The molecule has 1 aromatic carbocycles. The Morgan fingerprint density at radius 3 is 2.79 bits per heavy atom. The van der Waals surface area contributed by atoms with Gasteiger partial charge in [-0.3, -0.25) is 0 Å². The first-order chi connectivity index (χ1) is 11.3. The fourth-order valence-corrected chi connectivity index (χ4v) is 2.44. The Kier molecular flexibility index (Phi) is 5.71. The summed E-state index contributed by atoms with van der Waals surface area (Å²) in [5.74, 6) is 1.23. The molecule has 0 spiro atoms. The number of nitrogens with one attached hydrogen (secondary N) is 2. The van der Waals surface area contributed by atoms with E-state index < -0.39 is 11.6 Å². The average molecular weight is 353 g/mol. The predicted molar refractivity (Wildman–Crippen MR) is 95.2 cm³/mol. The van der Waals surface area contributed by atoms with Gasteiger partial charge in [-0.2, -0.15) is 5.06 Å². The van der Waals surface area contributed by atoms with Crippen LogP contribution in [0.4, 0.5) is 10.5 Å². The molecule has 0 radical (unpaired) electrons. The lowest BCUT2D eigenvalue weighted by atomic mass is 10.1. The number of para-hydroxylation sites is 1. The summed E-state index contributed by atoms with van der Waals surface area (Å²) in [5, 5.41) is 7.33. The summed E-state index contributed by atoms with van der Waals surface area (Å²) in [4.78, 5) is 17.3. The largest absolute Gasteiger partial charge is 0.454 e. The van der Waals surface area contributed by atoms with E-state index in [2.05, 4.69) is 10.6 Å². The number of hydrogen-bond donors (Lipinski definition) is 2. The third-order valence-corrected chi connectivity index (χ3v) is 3.39. The summed E-state index contributed by atoms with van der Waals surface area (Å²) < 4.78 is 10.8. The molecule has 2 N–H and O–H groups in total. The van der Waals surface area contributed by atoms with Crippen molar-refractivity contribution in [2.45, 2.75) is 39.7 Å². The van der Waals surface area contributed by atoms with Crippen molar-refractivity contribution in [3.05, 3.63) is 18.2 Å². The molecule has 1 aromatic rings. The number of fused-ring (bicyclic) bond motifs is 1. The number of rotatable bonds is 3. The molecule has 0 aromatic heterocycles. The highest BCUT2D eigenvalue weighted by Gasteiger charge is 2.29. The van der Waals surface area contributed by atoms with Crippen LogP contribution in [0.3, 0.4) is 0 Å². The van der Waals surface area contributed by atoms with Gasteiger partial charge >= 0.3 is 6.09 Å². The van der Waals surface area contributed by atoms with E-state index in [1.54, 1.807) is 0 Å². The first-order valence-corrected chi connectivity index (χ1v) is 8.19. The van der Waals surface area contributed by atoms with Crippen molar-refractivity contribution >= 4 is 29.1 Å². The molecule has 8 heteroatoms. The van der Waals surface area contributed by atoms with Crippen LogP contribution in [-0.4, -0.2) is 35.1 Å². The number of hydroxylamine groups is 2. The summed E-state index contributed by atoms with van der Waals surface area (Å²) in [6.07, 6.45) is 0.273. The minimum absolute atomic E-state index is 0.166. The third kappa shape index (κ3) is 4.41. The lowest BCUT2D eigenvalue weighted by Crippen LogP contribution is -2.50. The molecule has 0 aliphatic carbocycles. The van der Waals surface area contributed by atoms with Crippen LogP contribution < -0.4 is 20.1 Å². The van der Waals surface area contributed by atoms with Crippen molar-refractivity contribution in [3.63, 3.8) is 0 Å². The fraction of sp³-hybridized carbons (Fsp3) is 0.500. The highest BCUT2D eigenvalue weighted by Crippen LogP contribution is 2.39. The van der Waals surface area contributed by atoms with Gasteiger partial charge in [0.05, 0.1) is 11.2 Å². The molecule has 0 saturated carbocycles. The number of amides is 1. The second-order valence-electron chi connectivity index (χ2n) is 6.24. The van der Waals surface area contributed by atoms with Crippen LogP contribution >= 0.6 is 12.2 Å². The van der Waals surface area contributed by atoms with Crippen molar-refractivity contribution < 1.29 is 19.1 Å². The van der Waals surface area contributed by atoms with Crippen molar-refractivity contribution in [2.75, 3.05) is 18.7 Å². The normalized spacial score (nSPS) is 12.5. The molecule has 0 unspecified atom stereocenters. The Morgan fingerprint density at radius 2 is 2.12 bits per heavy atom. The van der Waals surface area contributed by atoms with Gasteiger partial charge in [-0.1, -0.05) is 13.0 Å². The molecule has 7 nitrogen and oxygen atoms in total. The monoisotopic (exact) mass is 353 g/mol. The Hall–Kier alpha value is -2.22. The molecule has 0 saturated heterocycles. The van der Waals surface area contributed by atoms with Crippen LogP contribution in [0, 0.1) is 0 Å². The van der Waals surface area contributed by atoms with Gasteiger partial charge in [0.25, 0.3) is 0 Å². The number of carbonyl (C=O) groups excluding carboxylic acids is 1. The fourth-order valence-electron chi connectivity index (χ4n) is 2.02. The molecule has 1 aliphatic heterocycles. The number of ether oxygens (including phenoxy) is 2. The molecule has 0 bridgehead atoms. The molecule has 0 atom stereocenters. The summed E-state index contributed by atoms with van der Waals surface area (Å²) in [5.41, 5.74) is 0.130. The van der Waals surface area contributed by atoms with Crippen molar-refractivity contribution in [2.24, 2.45) is 0 Å². The average Bonchev–Trinajstić information content (AvgIpc) is 2.99. The maximum absolute atomic E-state index is 11.9. The van der Waals surface area contributed by atoms with E-state index in [9.17, 15) is 4.79 Å². The summed E-state index contributed by atoms with van der Waals surface area (Å²) >= 11 is 5.42. The van der Waals surface area contributed by atoms with E-state index >= 15 is 0 Å². The Bertz CT molecular complexity index is 616. The Morgan fingerprint density at radius 1 is 1.38 bits per heavy atom. The van der Waals surface area contributed by atoms with Crippen LogP contribution in [-0.2, 0) is 4.84 Å². The van der Waals surface area contributed by atoms with E-state index in [0.717, 1.165) is 6.42 Å². The molecule has 2 rings (SSSR count). The van der Waals surface area contributed by atoms with Crippen LogP contribution in [0.15, 0.2) is 18.2 Å². The lowest BCUT2D eigenvalue weighted by Gasteiger charge is -2.35. The second-order valence-corrected chi connectivity index (χ2v) is 6.63. The zero-order valence-corrected chi connectivity index (χ0v) is 15.2. The van der Waals surface area contributed by atoms with Gasteiger partial charge in [-0.05, 0) is 51.5 Å². The van der Waals surface area contributed by atoms with Gasteiger partial charge in [-0.25, -0.2) is 4.79 Å². The Labute approximate surface area is 147 Å². The number of hydrogen-bond acceptors (Lipinski definition) is 5. The number of anilines is 1. The predicted octanol–water partition coefficient (Wildman–Crippen LogP) is 3.26. The first kappa shape index (κ1) is 18.1. The van der Waals surface area contributed by atoms with E-state index in [1.807, 2.05) is 45.9 Å². The quantitative estimate of drug-likeness (QED) is 0.638. The van der Waals surface area contributed by atoms with Crippen LogP contribution in [0.5, 0.6) is 11.5 Å². The minimum Gasteiger partial charge on any atom is -0.454 e. The highest BCUT2D eigenvalue weighted by molar-refractivity contribution is 7.80. The number of benzene rings is 1. The zero-order chi connectivity index (χ0) is 17.7. The van der Waals surface area contributed by atoms with E-state index in [-0.39, 0.29) is 11.9 Å². The molecule has 1 aliphatic rings. The highest BCUT2D eigenvalue weighted by atomic mass is 32.1. The lowest BCUT2D eigenvalue weighted by molar-refractivity contribution is -0.0919. The van der Waals surface area contributed by atoms with Crippen LogP contribution in [0.25, 0.3) is 0 Å². The van der Waals surface area contributed by atoms with Gasteiger partial charge in [0.2, 0.25) is 11.9 Å². The van der Waals surface area contributed by atoms with Gasteiger partial charge in [0.15, 0.2) is 11.5 Å². The molecule has 1 amide bonds. The van der Waals surface area contributed by atoms with Crippen molar-refractivity contribution in [1.29, 1.82) is 0 Å². The first-order valence-electron chi connectivity index (χ1n) is 7.78. The number of nitrogens with zero attached hydrogens (tertiary/aromatic N) is 1. The topological polar surface area (TPSA) is 72.1 Å². The summed E-state index contributed by atoms with van der Waals surface area (Å²) in [7, 11) is 0. The van der Waals surface area contributed by atoms with E-state index in [0.29, 0.717) is 23.7 Å². The summed E-state index contributed by atoms with van der Waals surface area (Å²) in [6.45, 7) is 8.34. The Balaban J connectivity index is 2.11. The van der Waals surface area contributed by atoms with E-state index in [4.69, 9.17) is 26.5 Å². The van der Waals surface area contributed by atoms with Gasteiger partial charge in [0.1, 0.15) is 0 Å². The van der Waals surface area contributed by atoms with Gasteiger partial charge in [0, 0.05) is 6.54 Å². The molecule has 1 heterocycles. The minimum atomic E-state index is -0.547. The second kappa shape index (κ2) is 7.57. The molecular formula is C16H23N3O4S. The number of thiocarbonyl (C=S) groups is 1. The SMILES string of the molecule is CCCNC(=O)ON(C(=S)Nc1cccc2c1OCO2)C(C)(C)C. The molecule has 0 fully saturated rings. The third-order valence-electron chi connectivity index (χ3n) is 3.13.